The minimum Gasteiger partial charge on any atom is -0.480 e. The minimum absolute atomic E-state index is 0.0275. The van der Waals surface area contributed by atoms with Gasteiger partial charge in [0, 0.05) is 29.2 Å². The number of benzene rings is 2. The van der Waals surface area contributed by atoms with Crippen LogP contribution in [0, 0.1) is 11.3 Å². The van der Waals surface area contributed by atoms with Gasteiger partial charge in [-0.05, 0) is 98.2 Å². The van der Waals surface area contributed by atoms with Crippen LogP contribution in [0.3, 0.4) is 0 Å². The number of carbonyl (C=O) groups excluding carboxylic acids is 3. The first-order valence-corrected chi connectivity index (χ1v) is 18.4. The Bertz CT molecular complexity index is 1890. The highest BCUT2D eigenvalue weighted by atomic mass is 35.5. The number of nitrogens with one attached hydrogen (secondary N) is 4. The smallest absolute Gasteiger partial charge is 0.422 e. The highest BCUT2D eigenvalue weighted by Gasteiger charge is 2.46. The number of Topliss-reactive ketones (excluding diaryl/α,β-unsaturated/α-hetero) is 1. The van der Waals surface area contributed by atoms with Crippen molar-refractivity contribution in [3.8, 4) is 6.01 Å². The van der Waals surface area contributed by atoms with Crippen molar-refractivity contribution >= 4 is 52.8 Å². The number of carboxylic acids is 1. The first kappa shape index (κ1) is 39.7. The third kappa shape index (κ3) is 10.6. The maximum absolute atomic E-state index is 13.0. The number of carbonyl (C=O) groups is 4. The van der Waals surface area contributed by atoms with E-state index in [1.165, 1.54) is 24.3 Å². The number of anilines is 3. The largest absolute Gasteiger partial charge is 0.480 e. The third-order valence-corrected chi connectivity index (χ3v) is 10.6. The zero-order chi connectivity index (χ0) is 39.4. The molecule has 0 spiro atoms. The molecular weight excluding hydrogens is 747 g/mol. The summed E-state index contributed by atoms with van der Waals surface area (Å²) in [6.07, 6.45) is 0.829. The summed E-state index contributed by atoms with van der Waals surface area (Å²) < 4.78 is 43.7. The molecule has 294 valence electrons. The Hall–Kier alpha value is -5.03. The van der Waals surface area contributed by atoms with Gasteiger partial charge in [-0.2, -0.15) is 28.1 Å². The molecule has 2 aromatic carbocycles. The molecule has 0 aliphatic heterocycles. The van der Waals surface area contributed by atoms with Crippen LogP contribution in [0.2, 0.25) is 5.02 Å². The number of ether oxygens (including phenoxy) is 1. The number of hydrogen-bond acceptors (Lipinski definition) is 11. The zero-order valence-electron chi connectivity index (χ0n) is 29.6. The minimum atomic E-state index is -4.64. The summed E-state index contributed by atoms with van der Waals surface area (Å²) in [6, 6.07) is 10.8. The molecule has 0 radical (unpaired) electrons. The molecular formula is C37H41ClF3N7O7. The number of carboxylic acid groups (broad SMARTS) is 1. The van der Waals surface area contributed by atoms with E-state index >= 15 is 0 Å². The number of aromatic nitrogens is 3. The molecule has 4 atom stereocenters. The molecule has 3 aliphatic rings. The lowest BCUT2D eigenvalue weighted by molar-refractivity contribution is -0.154. The average molecular weight is 788 g/mol. The molecule has 1 aromatic heterocycles. The molecule has 14 nitrogen and oxygen atoms in total. The summed E-state index contributed by atoms with van der Waals surface area (Å²) in [4.78, 5) is 62.7. The number of aliphatic carboxylic acids is 1. The number of aliphatic hydroxyl groups is 1. The van der Waals surface area contributed by atoms with Gasteiger partial charge in [-0.15, -0.1) is 0 Å². The third-order valence-electron chi connectivity index (χ3n) is 10.3. The van der Waals surface area contributed by atoms with Crippen LogP contribution in [-0.4, -0.2) is 80.2 Å². The highest BCUT2D eigenvalue weighted by Crippen LogP contribution is 2.51. The van der Waals surface area contributed by atoms with Gasteiger partial charge in [0.15, 0.2) is 6.61 Å². The second-order valence-electron chi connectivity index (χ2n) is 14.7. The van der Waals surface area contributed by atoms with Crippen molar-refractivity contribution in [3.63, 3.8) is 0 Å². The molecule has 3 fully saturated rings. The maximum atomic E-state index is 13.0. The summed E-state index contributed by atoms with van der Waals surface area (Å²) in [6.45, 7) is -1.81. The van der Waals surface area contributed by atoms with Crippen molar-refractivity contribution < 1.29 is 47.3 Å². The van der Waals surface area contributed by atoms with Gasteiger partial charge in [-0.1, -0.05) is 36.6 Å². The van der Waals surface area contributed by atoms with Crippen LogP contribution in [0.25, 0.3) is 0 Å². The van der Waals surface area contributed by atoms with Gasteiger partial charge >= 0.3 is 18.2 Å². The van der Waals surface area contributed by atoms with Gasteiger partial charge in [0.1, 0.15) is 6.04 Å². The molecule has 0 saturated heterocycles. The number of amides is 2. The van der Waals surface area contributed by atoms with E-state index in [1.54, 1.807) is 12.1 Å². The number of hydrogen-bond donors (Lipinski definition) is 6. The topological polar surface area (TPSA) is 205 Å². The summed E-state index contributed by atoms with van der Waals surface area (Å²) in [7, 11) is 0. The van der Waals surface area contributed by atoms with E-state index in [1.807, 2.05) is 12.1 Å². The highest BCUT2D eigenvalue weighted by molar-refractivity contribution is 6.36. The summed E-state index contributed by atoms with van der Waals surface area (Å²) in [5.41, 5.74) is 0.352. The van der Waals surface area contributed by atoms with Crippen molar-refractivity contribution in [1.29, 1.82) is 0 Å². The number of nitrogens with zero attached hydrogens (tertiary/aromatic N) is 3. The van der Waals surface area contributed by atoms with E-state index in [4.69, 9.17) is 16.3 Å². The van der Waals surface area contributed by atoms with Crippen LogP contribution in [0.15, 0.2) is 48.5 Å². The second-order valence-corrected chi connectivity index (χ2v) is 15.1. The molecule has 3 saturated carbocycles. The zero-order valence-corrected chi connectivity index (χ0v) is 30.4. The van der Waals surface area contributed by atoms with E-state index in [0.717, 1.165) is 31.2 Å². The van der Waals surface area contributed by atoms with Crippen LogP contribution in [0.4, 0.5) is 30.8 Å². The van der Waals surface area contributed by atoms with Crippen molar-refractivity contribution in [2.24, 2.45) is 11.3 Å². The van der Waals surface area contributed by atoms with E-state index in [-0.39, 0.29) is 36.8 Å². The van der Waals surface area contributed by atoms with Crippen LogP contribution in [0.1, 0.15) is 80.1 Å². The molecule has 6 N–H and O–H groups in total. The lowest BCUT2D eigenvalue weighted by Crippen LogP contribution is -2.45. The number of alkyl halides is 3. The molecule has 1 unspecified atom stereocenters. The molecule has 18 heteroatoms. The van der Waals surface area contributed by atoms with Gasteiger partial charge in [-0.3, -0.25) is 14.4 Å². The van der Waals surface area contributed by atoms with Crippen molar-refractivity contribution in [1.82, 2.24) is 25.6 Å². The Morgan fingerprint density at radius 1 is 0.964 bits per heavy atom. The summed E-state index contributed by atoms with van der Waals surface area (Å²) in [5.74, 6) is -3.36. The fourth-order valence-corrected chi connectivity index (χ4v) is 7.75. The van der Waals surface area contributed by atoms with E-state index < -0.39 is 65.5 Å². The normalized spacial score (nSPS) is 21.8. The monoisotopic (exact) mass is 787 g/mol. The fourth-order valence-electron chi connectivity index (χ4n) is 7.62. The summed E-state index contributed by atoms with van der Waals surface area (Å²) in [5, 5.41) is 31.5. The number of rotatable bonds is 16. The van der Waals surface area contributed by atoms with E-state index in [9.17, 15) is 42.6 Å². The molecule has 3 aliphatic carbocycles. The molecule has 55 heavy (non-hydrogen) atoms. The predicted molar refractivity (Wildman–Crippen MR) is 193 cm³/mol. The lowest BCUT2D eigenvalue weighted by Gasteiger charge is -2.46. The quantitative estimate of drug-likeness (QED) is 0.103. The molecule has 6 rings (SSSR count). The molecule has 1 heterocycles. The molecule has 3 aromatic rings. The maximum Gasteiger partial charge on any atom is 0.422 e. The lowest BCUT2D eigenvalue weighted by atomic mass is 9.59. The van der Waals surface area contributed by atoms with E-state index in [2.05, 4.69) is 36.2 Å². The second kappa shape index (κ2) is 16.4. The first-order chi connectivity index (χ1) is 26.1. The van der Waals surface area contributed by atoms with E-state index in [0.29, 0.717) is 42.3 Å². The SMILES string of the molecule is O=C(CC12CCC[C@@H](C[C@H](O)C1)C2)C(=O)NCC[C@H](NC(=O)c1ccc(Nc2nc(NC3(c4ccc(Cl)cc4)CC3)nc(OCC(F)(F)F)n2)cc1)C(=O)O. The standard InChI is InChI=1S/C37H41ClF3N7O7/c38-24-7-5-23(6-8-24)36(13-14-36)48-33-45-32(46-34(47-33)55-20-37(39,40)41)43-25-9-3-22(4-10-25)29(51)44-27(31(53)54)11-15-42-30(52)28(50)19-35-12-1-2-21(17-35)16-26(49)18-35/h3-10,21,26-27,49H,1-2,11-20H2,(H,42,52)(H,44,51)(H,53,54)(H2,43,45,46,47,48)/t21-,26-,27-,35?/m0/s1. The van der Waals surface area contributed by atoms with Gasteiger partial charge in [0.25, 0.3) is 11.8 Å². The Labute approximate surface area is 319 Å². The number of ketones is 1. The number of halogens is 4. The first-order valence-electron chi connectivity index (χ1n) is 18.0. The molecule has 2 amide bonds. The Kier molecular flexibility index (Phi) is 11.8. The van der Waals surface area contributed by atoms with Gasteiger partial charge in [0.05, 0.1) is 11.6 Å². The van der Waals surface area contributed by atoms with Gasteiger partial charge in [0.2, 0.25) is 17.7 Å². The number of fused-ring (bicyclic) bond motifs is 2. The van der Waals surface area contributed by atoms with Crippen LogP contribution in [-0.2, 0) is 19.9 Å². The van der Waals surface area contributed by atoms with Crippen molar-refractivity contribution in [3.05, 3.63) is 64.7 Å². The van der Waals surface area contributed by atoms with Crippen molar-refractivity contribution in [2.75, 3.05) is 23.8 Å². The number of aliphatic hydroxyl groups excluding tert-OH is 1. The van der Waals surface area contributed by atoms with Crippen LogP contribution in [0.5, 0.6) is 6.01 Å². The van der Waals surface area contributed by atoms with Gasteiger partial charge < -0.3 is 36.2 Å². The summed E-state index contributed by atoms with van der Waals surface area (Å²) >= 11 is 6.03. The van der Waals surface area contributed by atoms with Crippen molar-refractivity contribution in [2.45, 2.75) is 88.1 Å². The fraction of sp³-hybridized carbons (Fsp3) is 0.486. The average Bonchev–Trinajstić information content (AvgIpc) is 3.90. The predicted octanol–water partition coefficient (Wildman–Crippen LogP) is 5.29. The Morgan fingerprint density at radius 2 is 1.67 bits per heavy atom. The van der Waals surface area contributed by atoms with Gasteiger partial charge in [-0.25, -0.2) is 4.79 Å². The Balaban J connectivity index is 1.04. The van der Waals surface area contributed by atoms with Crippen LogP contribution >= 0.6 is 11.6 Å². The molecule has 2 bridgehead atoms. The van der Waals surface area contributed by atoms with Crippen LogP contribution < -0.4 is 26.0 Å². The Morgan fingerprint density at radius 3 is 2.35 bits per heavy atom.